The zero-order chi connectivity index (χ0) is 15.5. The highest BCUT2D eigenvalue weighted by Gasteiger charge is 2.23. The molecule has 114 valence electrons. The number of benzene rings is 1. The van der Waals surface area contributed by atoms with Crippen LogP contribution in [0.3, 0.4) is 0 Å². The summed E-state index contributed by atoms with van der Waals surface area (Å²) in [5, 5.41) is 2.95. The second kappa shape index (κ2) is 6.05. The third kappa shape index (κ3) is 3.36. The van der Waals surface area contributed by atoms with Gasteiger partial charge < -0.3 is 14.6 Å². The Kier molecular flexibility index (Phi) is 3.96. The number of hydrogen-bond donors (Lipinski definition) is 1. The molecule has 0 spiro atoms. The van der Waals surface area contributed by atoms with Crippen molar-refractivity contribution in [1.29, 1.82) is 0 Å². The van der Waals surface area contributed by atoms with E-state index in [1.165, 1.54) is 6.26 Å². The van der Waals surface area contributed by atoms with Crippen molar-refractivity contribution in [3.63, 3.8) is 0 Å². The van der Waals surface area contributed by atoms with Gasteiger partial charge in [0.25, 0.3) is 11.8 Å². The molecule has 0 atom stereocenters. The average molecular weight is 298 g/mol. The molecule has 5 heteroatoms. The first-order valence-electron chi connectivity index (χ1n) is 7.32. The quantitative estimate of drug-likeness (QED) is 0.922. The van der Waals surface area contributed by atoms with Crippen molar-refractivity contribution >= 4 is 11.8 Å². The van der Waals surface area contributed by atoms with Crippen molar-refractivity contribution in [2.45, 2.75) is 25.4 Å². The van der Waals surface area contributed by atoms with E-state index in [4.69, 9.17) is 4.42 Å². The van der Waals surface area contributed by atoms with Crippen molar-refractivity contribution in [1.82, 2.24) is 10.2 Å². The number of nitrogens with zero attached hydrogens (tertiary/aromatic N) is 1. The van der Waals surface area contributed by atoms with Crippen molar-refractivity contribution in [3.05, 3.63) is 59.5 Å². The number of rotatable bonds is 5. The Morgan fingerprint density at radius 3 is 2.55 bits per heavy atom. The standard InChI is InChI=1S/C17H18N2O3/c1-19(17(21)15-3-2-10-22-15)11-12-4-6-13(7-5-12)16(20)18-14-8-9-14/h2-7,10,14H,8-9,11H2,1H3,(H,18,20). The molecular formula is C17H18N2O3. The van der Waals surface area contributed by atoms with Gasteiger partial charge in [0.15, 0.2) is 5.76 Å². The molecule has 1 fully saturated rings. The van der Waals surface area contributed by atoms with Gasteiger partial charge in [0.05, 0.1) is 6.26 Å². The largest absolute Gasteiger partial charge is 0.459 e. The van der Waals surface area contributed by atoms with Crippen LogP contribution in [-0.4, -0.2) is 29.8 Å². The Bertz CT molecular complexity index is 658. The van der Waals surface area contributed by atoms with E-state index in [0.29, 0.717) is 23.9 Å². The molecule has 2 amide bonds. The van der Waals surface area contributed by atoms with E-state index in [1.807, 2.05) is 12.1 Å². The number of furan rings is 1. The van der Waals surface area contributed by atoms with Crippen LogP contribution < -0.4 is 5.32 Å². The number of carbonyl (C=O) groups excluding carboxylic acids is 2. The van der Waals surface area contributed by atoms with E-state index in [1.54, 1.807) is 36.2 Å². The van der Waals surface area contributed by atoms with Gasteiger partial charge in [-0.1, -0.05) is 12.1 Å². The van der Waals surface area contributed by atoms with Crippen molar-refractivity contribution in [2.75, 3.05) is 7.05 Å². The first-order valence-corrected chi connectivity index (χ1v) is 7.32. The Hall–Kier alpha value is -2.56. The summed E-state index contributed by atoms with van der Waals surface area (Å²) in [5.41, 5.74) is 1.61. The normalized spacial score (nSPS) is 13.7. The Labute approximate surface area is 128 Å². The number of hydrogen-bond acceptors (Lipinski definition) is 3. The van der Waals surface area contributed by atoms with Gasteiger partial charge in [0.2, 0.25) is 0 Å². The van der Waals surface area contributed by atoms with Crippen LogP contribution >= 0.6 is 0 Å². The number of carbonyl (C=O) groups is 2. The van der Waals surface area contributed by atoms with Gasteiger partial charge in [0.1, 0.15) is 0 Å². The van der Waals surface area contributed by atoms with Crippen LogP contribution in [0.15, 0.2) is 47.1 Å². The lowest BCUT2D eigenvalue weighted by molar-refractivity contribution is 0.0753. The van der Waals surface area contributed by atoms with Crippen molar-refractivity contribution in [2.24, 2.45) is 0 Å². The van der Waals surface area contributed by atoms with E-state index in [-0.39, 0.29) is 11.8 Å². The Balaban J connectivity index is 1.60. The topological polar surface area (TPSA) is 62.6 Å². The summed E-state index contributed by atoms with van der Waals surface area (Å²) in [5.74, 6) is 0.123. The van der Waals surface area contributed by atoms with Crippen LogP contribution in [0.25, 0.3) is 0 Å². The van der Waals surface area contributed by atoms with E-state index in [9.17, 15) is 9.59 Å². The summed E-state index contributed by atoms with van der Waals surface area (Å²) in [4.78, 5) is 25.6. The molecule has 22 heavy (non-hydrogen) atoms. The van der Waals surface area contributed by atoms with Gasteiger partial charge in [-0.25, -0.2) is 0 Å². The van der Waals surface area contributed by atoms with Crippen LogP contribution in [0.2, 0.25) is 0 Å². The summed E-state index contributed by atoms with van der Waals surface area (Å²) < 4.78 is 5.10. The van der Waals surface area contributed by atoms with Crippen LogP contribution in [0, 0.1) is 0 Å². The lowest BCUT2D eigenvalue weighted by atomic mass is 10.1. The highest BCUT2D eigenvalue weighted by molar-refractivity contribution is 5.94. The summed E-state index contributed by atoms with van der Waals surface area (Å²) in [6.07, 6.45) is 3.63. The molecule has 1 saturated carbocycles. The minimum atomic E-state index is -0.166. The lowest BCUT2D eigenvalue weighted by Crippen LogP contribution is -2.26. The van der Waals surface area contributed by atoms with Crippen LogP contribution in [-0.2, 0) is 6.54 Å². The van der Waals surface area contributed by atoms with Gasteiger partial charge in [-0.05, 0) is 42.7 Å². The van der Waals surface area contributed by atoms with Gasteiger partial charge in [0, 0.05) is 25.2 Å². The van der Waals surface area contributed by atoms with E-state index < -0.39 is 0 Å². The van der Waals surface area contributed by atoms with Crippen LogP contribution in [0.5, 0.6) is 0 Å². The van der Waals surface area contributed by atoms with E-state index in [2.05, 4.69) is 5.32 Å². The molecule has 1 aromatic carbocycles. The van der Waals surface area contributed by atoms with Crippen molar-refractivity contribution in [3.8, 4) is 0 Å². The number of nitrogens with one attached hydrogen (secondary N) is 1. The minimum Gasteiger partial charge on any atom is -0.459 e. The maximum Gasteiger partial charge on any atom is 0.289 e. The third-order valence-electron chi connectivity index (χ3n) is 3.63. The zero-order valence-electron chi connectivity index (χ0n) is 12.4. The lowest BCUT2D eigenvalue weighted by Gasteiger charge is -2.16. The molecule has 3 rings (SSSR count). The highest BCUT2D eigenvalue weighted by atomic mass is 16.3. The van der Waals surface area contributed by atoms with Gasteiger partial charge >= 0.3 is 0 Å². The van der Waals surface area contributed by atoms with Crippen LogP contribution in [0.4, 0.5) is 0 Å². The predicted molar refractivity (Wildman–Crippen MR) is 81.4 cm³/mol. The fraction of sp³-hybridized carbons (Fsp3) is 0.294. The fourth-order valence-electron chi connectivity index (χ4n) is 2.19. The van der Waals surface area contributed by atoms with Gasteiger partial charge in [-0.3, -0.25) is 9.59 Å². The molecule has 2 aromatic rings. The minimum absolute atomic E-state index is 0.0333. The van der Waals surface area contributed by atoms with E-state index >= 15 is 0 Å². The van der Waals surface area contributed by atoms with Gasteiger partial charge in [-0.2, -0.15) is 0 Å². The summed E-state index contributed by atoms with van der Waals surface area (Å²) in [6.45, 7) is 0.462. The molecule has 0 radical (unpaired) electrons. The SMILES string of the molecule is CN(Cc1ccc(C(=O)NC2CC2)cc1)C(=O)c1ccco1. The van der Waals surface area contributed by atoms with Crippen LogP contribution in [0.1, 0.15) is 39.3 Å². The predicted octanol–water partition coefficient (Wildman–Crippen LogP) is 2.44. The first-order chi connectivity index (χ1) is 10.6. The molecule has 0 saturated heterocycles. The maximum absolute atomic E-state index is 12.1. The third-order valence-corrected chi connectivity index (χ3v) is 3.63. The zero-order valence-corrected chi connectivity index (χ0v) is 12.4. The maximum atomic E-state index is 12.1. The summed E-state index contributed by atoms with van der Waals surface area (Å²) >= 11 is 0. The van der Waals surface area contributed by atoms with Gasteiger partial charge in [-0.15, -0.1) is 0 Å². The second-order valence-corrected chi connectivity index (χ2v) is 5.58. The first kappa shape index (κ1) is 14.4. The molecule has 1 aliphatic carbocycles. The molecule has 1 aliphatic rings. The molecule has 1 N–H and O–H groups in total. The molecule has 1 heterocycles. The summed E-state index contributed by atoms with van der Waals surface area (Å²) in [6, 6.07) is 11.0. The van der Waals surface area contributed by atoms with E-state index in [0.717, 1.165) is 18.4 Å². The second-order valence-electron chi connectivity index (χ2n) is 5.58. The Morgan fingerprint density at radius 1 is 1.23 bits per heavy atom. The molecular weight excluding hydrogens is 280 g/mol. The Morgan fingerprint density at radius 2 is 1.95 bits per heavy atom. The molecule has 5 nitrogen and oxygen atoms in total. The van der Waals surface area contributed by atoms with Crippen molar-refractivity contribution < 1.29 is 14.0 Å². The summed E-state index contributed by atoms with van der Waals surface area (Å²) in [7, 11) is 1.72. The monoisotopic (exact) mass is 298 g/mol. The highest BCUT2D eigenvalue weighted by Crippen LogP contribution is 2.19. The average Bonchev–Trinajstić information content (AvgIpc) is 3.17. The fourth-order valence-corrected chi connectivity index (χ4v) is 2.19. The number of amides is 2. The molecule has 0 bridgehead atoms. The molecule has 0 aliphatic heterocycles. The molecule has 1 aromatic heterocycles. The smallest absolute Gasteiger partial charge is 0.289 e. The molecule has 0 unspecified atom stereocenters.